The molecule has 196 valence electrons. The Labute approximate surface area is 207 Å². The molecule has 0 spiro atoms. The van der Waals surface area contributed by atoms with Crippen LogP contribution in [0.5, 0.6) is 5.75 Å². The lowest BCUT2D eigenvalue weighted by molar-refractivity contribution is -0.274. The van der Waals surface area contributed by atoms with Gasteiger partial charge in [0.2, 0.25) is 10.0 Å². The molecule has 2 aliphatic heterocycles. The topological polar surface area (TPSA) is 88.0 Å². The van der Waals surface area contributed by atoms with E-state index in [-0.39, 0.29) is 35.9 Å². The van der Waals surface area contributed by atoms with Crippen LogP contribution < -0.4 is 4.74 Å². The van der Waals surface area contributed by atoms with Crippen LogP contribution in [0.15, 0.2) is 36.8 Å². The van der Waals surface area contributed by atoms with Crippen molar-refractivity contribution in [1.29, 1.82) is 0 Å². The van der Waals surface area contributed by atoms with Crippen LogP contribution in [0.2, 0.25) is 0 Å². The summed E-state index contributed by atoms with van der Waals surface area (Å²) < 4.78 is 68.5. The van der Waals surface area contributed by atoms with E-state index in [1.54, 1.807) is 28.8 Å². The minimum absolute atomic E-state index is 0.135. The number of hydrogen-bond donors (Lipinski definition) is 0. The lowest BCUT2D eigenvalue weighted by Crippen LogP contribution is -2.60. The SMILES string of the molecule is Cn1cnc(C(=O)N(Cc2cccc(OC(F)(F)F)c2)CC2C3CN(C4CN(S(C)(=O)=O)C4)CC23)c1. The number of carbonyl (C=O) groups is 1. The molecule has 1 saturated carbocycles. The molecule has 1 aromatic carbocycles. The summed E-state index contributed by atoms with van der Waals surface area (Å²) in [6.45, 7) is 3.36. The first-order chi connectivity index (χ1) is 16.9. The summed E-state index contributed by atoms with van der Waals surface area (Å²) in [6.07, 6.45) is -0.416. The van der Waals surface area contributed by atoms with Gasteiger partial charge in [0.15, 0.2) is 0 Å². The first-order valence-corrected chi connectivity index (χ1v) is 13.5. The summed E-state index contributed by atoms with van der Waals surface area (Å²) >= 11 is 0. The predicted molar refractivity (Wildman–Crippen MR) is 123 cm³/mol. The minimum Gasteiger partial charge on any atom is -0.406 e. The van der Waals surface area contributed by atoms with Gasteiger partial charge in [0.05, 0.1) is 12.6 Å². The zero-order valence-corrected chi connectivity index (χ0v) is 20.7. The van der Waals surface area contributed by atoms with Gasteiger partial charge in [0.25, 0.3) is 5.91 Å². The van der Waals surface area contributed by atoms with Gasteiger partial charge in [-0.1, -0.05) is 12.1 Å². The number of amides is 1. The van der Waals surface area contributed by atoms with Crippen molar-refractivity contribution < 1.29 is 31.1 Å². The average Bonchev–Trinajstić information content (AvgIpc) is 3.05. The number of rotatable bonds is 8. The standard InChI is InChI=1S/C23H28F3N5O4S/c1-28-13-21(27-14-28)22(32)30(7-15-4-3-5-17(6-15)35-23(24,25)26)12-20-18-10-29(11-19(18)20)16-8-31(9-16)36(2,33)34/h3-6,13-14,16,18-20H,7-12H2,1-2H3. The molecule has 2 saturated heterocycles. The lowest BCUT2D eigenvalue weighted by atomic mass is 10.1. The quantitative estimate of drug-likeness (QED) is 0.520. The molecular weight excluding hydrogens is 499 g/mol. The number of likely N-dealkylation sites (tertiary alicyclic amines) is 1. The van der Waals surface area contributed by atoms with Crippen molar-refractivity contribution >= 4 is 15.9 Å². The van der Waals surface area contributed by atoms with E-state index in [1.807, 2.05) is 0 Å². The zero-order valence-electron chi connectivity index (χ0n) is 19.9. The monoisotopic (exact) mass is 527 g/mol. The van der Waals surface area contributed by atoms with Crippen molar-refractivity contribution in [1.82, 2.24) is 23.7 Å². The highest BCUT2D eigenvalue weighted by Gasteiger charge is 2.58. The maximum Gasteiger partial charge on any atom is 0.573 e. The van der Waals surface area contributed by atoms with Crippen molar-refractivity contribution in [2.45, 2.75) is 18.9 Å². The van der Waals surface area contributed by atoms with Crippen LogP contribution in [0.4, 0.5) is 13.2 Å². The first-order valence-electron chi connectivity index (χ1n) is 11.7. The Morgan fingerprint density at radius 3 is 2.47 bits per heavy atom. The predicted octanol–water partition coefficient (Wildman–Crippen LogP) is 1.78. The number of carbonyl (C=O) groups excluding carboxylic acids is 1. The third-order valence-corrected chi connectivity index (χ3v) is 8.60. The smallest absolute Gasteiger partial charge is 0.406 e. The Hall–Kier alpha value is -2.64. The van der Waals surface area contributed by atoms with E-state index in [2.05, 4.69) is 14.6 Å². The largest absolute Gasteiger partial charge is 0.573 e. The van der Waals surface area contributed by atoms with Crippen LogP contribution in [0.1, 0.15) is 16.1 Å². The van der Waals surface area contributed by atoms with Gasteiger partial charge in [-0.2, -0.15) is 4.31 Å². The molecule has 9 nitrogen and oxygen atoms in total. The highest BCUT2D eigenvalue weighted by atomic mass is 32.2. The third kappa shape index (κ3) is 5.37. The Kier molecular flexibility index (Phi) is 6.28. The van der Waals surface area contributed by atoms with Gasteiger partial charge >= 0.3 is 6.36 Å². The number of fused-ring (bicyclic) bond motifs is 1. The van der Waals surface area contributed by atoms with Crippen molar-refractivity contribution in [3.63, 3.8) is 0 Å². The number of alkyl halides is 3. The van der Waals surface area contributed by atoms with Crippen LogP contribution in [-0.4, -0.2) is 89.4 Å². The van der Waals surface area contributed by atoms with E-state index in [0.29, 0.717) is 37.0 Å². The van der Waals surface area contributed by atoms with Gasteiger partial charge in [-0.3, -0.25) is 9.69 Å². The van der Waals surface area contributed by atoms with Crippen LogP contribution >= 0.6 is 0 Å². The average molecular weight is 528 g/mol. The second-order valence-electron chi connectivity index (χ2n) is 9.98. The van der Waals surface area contributed by atoms with Crippen LogP contribution in [0, 0.1) is 17.8 Å². The number of ether oxygens (including phenoxy) is 1. The molecule has 3 heterocycles. The Morgan fingerprint density at radius 1 is 1.19 bits per heavy atom. The molecule has 3 fully saturated rings. The fourth-order valence-corrected chi connectivity index (χ4v) is 6.28. The maximum atomic E-state index is 13.3. The number of aromatic nitrogens is 2. The van der Waals surface area contributed by atoms with Crippen LogP contribution in [0.3, 0.4) is 0 Å². The molecular formula is C23H28F3N5O4S. The summed E-state index contributed by atoms with van der Waals surface area (Å²) in [7, 11) is -1.39. The lowest BCUT2D eigenvalue weighted by Gasteiger charge is -2.43. The number of aryl methyl sites for hydroxylation is 1. The highest BCUT2D eigenvalue weighted by molar-refractivity contribution is 7.88. The molecule has 5 rings (SSSR count). The molecule has 36 heavy (non-hydrogen) atoms. The summed E-state index contributed by atoms with van der Waals surface area (Å²) in [5.74, 6) is 0.511. The Bertz CT molecular complexity index is 1230. The number of imidazole rings is 1. The molecule has 3 aliphatic rings. The molecule has 1 aliphatic carbocycles. The molecule has 1 aromatic heterocycles. The van der Waals surface area contributed by atoms with Gasteiger partial charge in [-0.25, -0.2) is 13.4 Å². The van der Waals surface area contributed by atoms with Gasteiger partial charge < -0.3 is 14.2 Å². The normalized spacial score (nSPS) is 24.9. The molecule has 0 N–H and O–H groups in total. The molecule has 0 bridgehead atoms. The van der Waals surface area contributed by atoms with Crippen LogP contribution in [0.25, 0.3) is 0 Å². The van der Waals surface area contributed by atoms with E-state index in [9.17, 15) is 26.4 Å². The summed E-state index contributed by atoms with van der Waals surface area (Å²) in [4.78, 5) is 21.4. The molecule has 2 aromatic rings. The van der Waals surface area contributed by atoms with Crippen molar-refractivity contribution in [3.8, 4) is 5.75 Å². The first kappa shape index (κ1) is 25.0. The van der Waals surface area contributed by atoms with Gasteiger partial charge in [0.1, 0.15) is 11.4 Å². The summed E-state index contributed by atoms with van der Waals surface area (Å²) in [6, 6.07) is 5.90. The van der Waals surface area contributed by atoms with E-state index >= 15 is 0 Å². The summed E-state index contributed by atoms with van der Waals surface area (Å²) in [5.41, 5.74) is 0.812. The minimum atomic E-state index is -4.79. The number of piperidine rings is 1. The van der Waals surface area contributed by atoms with E-state index < -0.39 is 16.4 Å². The summed E-state index contributed by atoms with van der Waals surface area (Å²) in [5, 5.41) is 0. The van der Waals surface area contributed by atoms with E-state index in [1.165, 1.54) is 35.1 Å². The second-order valence-corrected chi connectivity index (χ2v) is 12.0. The second kappa shape index (κ2) is 9.03. The Balaban J connectivity index is 1.24. The molecule has 13 heteroatoms. The van der Waals surface area contributed by atoms with E-state index in [4.69, 9.17) is 0 Å². The molecule has 2 atom stereocenters. The van der Waals surface area contributed by atoms with Gasteiger partial charge in [-0.15, -0.1) is 13.2 Å². The number of benzene rings is 1. The fraction of sp³-hybridized carbons (Fsp3) is 0.565. The maximum absolute atomic E-state index is 13.3. The van der Waals surface area contributed by atoms with Crippen molar-refractivity contribution in [2.24, 2.45) is 24.8 Å². The molecule has 1 amide bonds. The van der Waals surface area contributed by atoms with E-state index in [0.717, 1.165) is 13.1 Å². The zero-order chi connectivity index (χ0) is 25.8. The Morgan fingerprint density at radius 2 is 1.89 bits per heavy atom. The number of nitrogens with zero attached hydrogens (tertiary/aromatic N) is 5. The third-order valence-electron chi connectivity index (χ3n) is 7.36. The van der Waals surface area contributed by atoms with Gasteiger partial charge in [-0.05, 0) is 35.4 Å². The van der Waals surface area contributed by atoms with Crippen LogP contribution in [-0.2, 0) is 23.6 Å². The number of halogens is 3. The van der Waals surface area contributed by atoms with Crippen molar-refractivity contribution in [2.75, 3.05) is 39.0 Å². The fourth-order valence-electron chi connectivity index (χ4n) is 5.39. The number of sulfonamides is 1. The molecule has 2 unspecified atom stereocenters. The molecule has 0 radical (unpaired) electrons. The van der Waals surface area contributed by atoms with Gasteiger partial charge in [0, 0.05) is 58.6 Å². The number of hydrogen-bond acceptors (Lipinski definition) is 6. The van der Waals surface area contributed by atoms with Crippen molar-refractivity contribution in [3.05, 3.63) is 48.0 Å². The highest BCUT2D eigenvalue weighted by Crippen LogP contribution is 2.53.